The molecule has 0 aliphatic heterocycles. The molecule has 0 aromatic heterocycles. The lowest BCUT2D eigenvalue weighted by atomic mass is 9.84. The molecule has 2 heteroatoms. The molecule has 0 saturated heterocycles. The summed E-state index contributed by atoms with van der Waals surface area (Å²) in [5.74, 6) is 0.744. The third-order valence-corrected chi connectivity index (χ3v) is 4.53. The van der Waals surface area contributed by atoms with E-state index in [9.17, 15) is 0 Å². The highest BCUT2D eigenvalue weighted by Crippen LogP contribution is 2.37. The molecule has 0 nitrogen and oxygen atoms in total. The zero-order valence-corrected chi connectivity index (χ0v) is 10.7. The molecule has 0 atom stereocenters. The number of thiol groups is 1. The largest absolute Gasteiger partial charge is 0.142 e. The second-order valence-corrected chi connectivity index (χ2v) is 5.31. The van der Waals surface area contributed by atoms with E-state index in [0.29, 0.717) is 0 Å². The summed E-state index contributed by atoms with van der Waals surface area (Å²) in [7, 11) is 0. The highest BCUT2D eigenvalue weighted by molar-refractivity contribution is 9.10. The monoisotopic (exact) mass is 270 g/mol. The predicted octanol–water partition coefficient (Wildman–Crippen LogP) is 4.79. The van der Waals surface area contributed by atoms with E-state index in [-0.39, 0.29) is 0 Å². The first-order chi connectivity index (χ1) is 6.79. The van der Waals surface area contributed by atoms with Crippen molar-refractivity contribution >= 4 is 28.6 Å². The summed E-state index contributed by atoms with van der Waals surface area (Å²) in [6.07, 6.45) is 6.84. The Bertz CT molecular complexity index is 316. The van der Waals surface area contributed by atoms with Gasteiger partial charge in [-0.05, 0) is 46.3 Å². The minimum Gasteiger partial charge on any atom is -0.142 e. The Balaban J connectivity index is 2.26. The van der Waals surface area contributed by atoms with Gasteiger partial charge in [-0.3, -0.25) is 0 Å². The van der Waals surface area contributed by atoms with Crippen LogP contribution in [0.4, 0.5) is 0 Å². The maximum Gasteiger partial charge on any atom is 0.0311 e. The van der Waals surface area contributed by atoms with Crippen LogP contribution in [0.1, 0.15) is 43.6 Å². The lowest BCUT2D eigenvalue weighted by molar-refractivity contribution is 0.439. The van der Waals surface area contributed by atoms with Crippen LogP contribution in [-0.4, -0.2) is 0 Å². The van der Waals surface area contributed by atoms with Gasteiger partial charge in [-0.2, -0.15) is 0 Å². The van der Waals surface area contributed by atoms with Crippen molar-refractivity contribution in [1.82, 2.24) is 0 Å². The predicted molar refractivity (Wildman–Crippen MR) is 67.2 cm³/mol. The highest BCUT2D eigenvalue weighted by Gasteiger charge is 2.17. The number of halogens is 1. The fourth-order valence-electron chi connectivity index (χ4n) is 2.28. The molecule has 0 amide bonds. The average Bonchev–Trinajstić information content (AvgIpc) is 2.23. The van der Waals surface area contributed by atoms with Crippen LogP contribution < -0.4 is 0 Å². The Labute approximate surface area is 99.6 Å². The minimum absolute atomic E-state index is 0.744. The Hall–Kier alpha value is 0.0500. The van der Waals surface area contributed by atoms with Crippen molar-refractivity contribution in [3.63, 3.8) is 0 Å². The molecule has 1 aliphatic carbocycles. The molecule has 2 rings (SSSR count). The molecule has 0 heterocycles. The van der Waals surface area contributed by atoms with Gasteiger partial charge in [0, 0.05) is 9.37 Å². The smallest absolute Gasteiger partial charge is 0.0311 e. The summed E-state index contributed by atoms with van der Waals surface area (Å²) in [6, 6.07) is 6.41. The number of hydrogen-bond donors (Lipinski definition) is 1. The van der Waals surface area contributed by atoms with E-state index in [1.807, 2.05) is 0 Å². The molecule has 1 aromatic rings. The summed E-state index contributed by atoms with van der Waals surface area (Å²) in [5.41, 5.74) is 1.43. The molecule has 0 N–H and O–H groups in total. The van der Waals surface area contributed by atoms with Crippen molar-refractivity contribution in [2.45, 2.75) is 42.9 Å². The van der Waals surface area contributed by atoms with Crippen molar-refractivity contribution < 1.29 is 0 Å². The highest BCUT2D eigenvalue weighted by atomic mass is 79.9. The lowest BCUT2D eigenvalue weighted by Crippen LogP contribution is -2.05. The maximum atomic E-state index is 4.57. The van der Waals surface area contributed by atoms with E-state index in [2.05, 4.69) is 46.8 Å². The van der Waals surface area contributed by atoms with Crippen LogP contribution in [0.2, 0.25) is 0 Å². The first-order valence-corrected chi connectivity index (χ1v) is 6.50. The molecular formula is C12H15BrS. The van der Waals surface area contributed by atoms with Gasteiger partial charge < -0.3 is 0 Å². The Morgan fingerprint density at radius 1 is 1.14 bits per heavy atom. The molecule has 1 aromatic carbocycles. The summed E-state index contributed by atoms with van der Waals surface area (Å²) < 4.78 is 1.13. The Morgan fingerprint density at radius 2 is 1.86 bits per heavy atom. The van der Waals surface area contributed by atoms with Crippen molar-refractivity contribution in [3.8, 4) is 0 Å². The lowest BCUT2D eigenvalue weighted by Gasteiger charge is -2.23. The topological polar surface area (TPSA) is 0 Å². The molecule has 1 aliphatic rings. The number of rotatable bonds is 1. The van der Waals surface area contributed by atoms with Gasteiger partial charge in [-0.15, -0.1) is 12.6 Å². The summed E-state index contributed by atoms with van der Waals surface area (Å²) >= 11 is 8.11. The van der Waals surface area contributed by atoms with Crippen molar-refractivity contribution in [2.24, 2.45) is 0 Å². The van der Waals surface area contributed by atoms with E-state index in [0.717, 1.165) is 15.3 Å². The van der Waals surface area contributed by atoms with E-state index < -0.39 is 0 Å². The fraction of sp³-hybridized carbons (Fsp3) is 0.500. The van der Waals surface area contributed by atoms with E-state index in [1.54, 1.807) is 0 Å². The average molecular weight is 271 g/mol. The van der Waals surface area contributed by atoms with Gasteiger partial charge in [0.05, 0.1) is 0 Å². The number of hydrogen-bond acceptors (Lipinski definition) is 1. The molecule has 0 bridgehead atoms. The third kappa shape index (κ3) is 2.17. The van der Waals surface area contributed by atoms with Gasteiger partial charge >= 0.3 is 0 Å². The van der Waals surface area contributed by atoms with Gasteiger partial charge in [0.2, 0.25) is 0 Å². The van der Waals surface area contributed by atoms with Gasteiger partial charge in [-0.1, -0.05) is 31.4 Å². The molecule has 1 fully saturated rings. The summed E-state index contributed by atoms with van der Waals surface area (Å²) in [5, 5.41) is 0. The fourth-order valence-corrected chi connectivity index (χ4v) is 2.99. The Morgan fingerprint density at radius 3 is 2.57 bits per heavy atom. The first-order valence-electron chi connectivity index (χ1n) is 5.26. The van der Waals surface area contributed by atoms with Crippen LogP contribution in [0.5, 0.6) is 0 Å². The second kappa shape index (κ2) is 4.71. The van der Waals surface area contributed by atoms with Crippen LogP contribution in [0.25, 0.3) is 0 Å². The van der Waals surface area contributed by atoms with E-state index in [4.69, 9.17) is 0 Å². The van der Waals surface area contributed by atoms with E-state index in [1.165, 1.54) is 37.7 Å². The number of benzene rings is 1. The van der Waals surface area contributed by atoms with Gasteiger partial charge in [0.1, 0.15) is 0 Å². The standard InChI is InChI=1S/C12H15BrS/c13-11-8-4-7-10(12(11)14)9-5-2-1-3-6-9/h4,7-9,14H,1-3,5-6H2. The van der Waals surface area contributed by atoms with Crippen LogP contribution in [-0.2, 0) is 0 Å². The molecular weight excluding hydrogens is 256 g/mol. The second-order valence-electron chi connectivity index (χ2n) is 4.01. The molecule has 0 spiro atoms. The first kappa shape index (κ1) is 10.6. The van der Waals surface area contributed by atoms with Crippen LogP contribution in [0.15, 0.2) is 27.6 Å². The van der Waals surface area contributed by atoms with Crippen LogP contribution in [0.3, 0.4) is 0 Å². The molecule has 0 unspecified atom stereocenters. The quantitative estimate of drug-likeness (QED) is 0.698. The molecule has 76 valence electrons. The van der Waals surface area contributed by atoms with Crippen LogP contribution in [0, 0.1) is 0 Å². The molecule has 14 heavy (non-hydrogen) atoms. The third-order valence-electron chi connectivity index (χ3n) is 3.06. The normalized spacial score (nSPS) is 18.4. The zero-order chi connectivity index (χ0) is 9.97. The van der Waals surface area contributed by atoms with Crippen molar-refractivity contribution in [2.75, 3.05) is 0 Å². The molecule has 0 radical (unpaired) electrons. The van der Waals surface area contributed by atoms with Gasteiger partial charge in [-0.25, -0.2) is 0 Å². The Kier molecular flexibility index (Phi) is 3.56. The van der Waals surface area contributed by atoms with Crippen molar-refractivity contribution in [1.29, 1.82) is 0 Å². The summed E-state index contributed by atoms with van der Waals surface area (Å²) in [4.78, 5) is 1.14. The SMILES string of the molecule is Sc1c(Br)cccc1C1CCCCC1. The van der Waals surface area contributed by atoms with Crippen molar-refractivity contribution in [3.05, 3.63) is 28.2 Å². The minimum atomic E-state index is 0.744. The van der Waals surface area contributed by atoms with Gasteiger partial charge in [0.25, 0.3) is 0 Å². The summed E-state index contributed by atoms with van der Waals surface area (Å²) in [6.45, 7) is 0. The maximum absolute atomic E-state index is 4.57. The van der Waals surface area contributed by atoms with E-state index >= 15 is 0 Å². The van der Waals surface area contributed by atoms with Gasteiger partial charge in [0.15, 0.2) is 0 Å². The molecule has 1 saturated carbocycles. The van der Waals surface area contributed by atoms with Crippen LogP contribution >= 0.6 is 28.6 Å². The zero-order valence-electron chi connectivity index (χ0n) is 8.17.